The number of methoxy groups -OCH3 is 1. The summed E-state index contributed by atoms with van der Waals surface area (Å²) in [5, 5.41) is 0. The molecule has 0 aliphatic carbocycles. The van der Waals surface area contributed by atoms with Crippen molar-refractivity contribution in [2.75, 3.05) is 18.1 Å². The van der Waals surface area contributed by atoms with Crippen LogP contribution in [0.25, 0.3) is 0 Å². The third-order valence-corrected chi connectivity index (χ3v) is 3.68. The predicted molar refractivity (Wildman–Crippen MR) is 64.5 cm³/mol. The average Bonchev–Trinajstić information content (AvgIpc) is 2.13. The number of hydrogen-bond donors (Lipinski definition) is 1. The molecule has 0 saturated heterocycles. The first kappa shape index (κ1) is 14.1. The van der Waals surface area contributed by atoms with Gasteiger partial charge < -0.3 is 4.74 Å². The zero-order chi connectivity index (χ0) is 13.3. The molecule has 0 atom stereocenters. The number of sulfonamides is 1. The highest BCUT2D eigenvalue weighted by atomic mass is 35.7. The van der Waals surface area contributed by atoms with Gasteiger partial charge in [0.15, 0.2) is 0 Å². The summed E-state index contributed by atoms with van der Waals surface area (Å²) in [6.45, 7) is 0. The molecule has 0 aliphatic rings. The summed E-state index contributed by atoms with van der Waals surface area (Å²) in [5.74, 6) is 0.0408. The topological polar surface area (TPSA) is 89.5 Å². The van der Waals surface area contributed by atoms with E-state index >= 15 is 0 Å². The fraction of sp³-hybridized carbons (Fsp3) is 0.250. The lowest BCUT2D eigenvalue weighted by atomic mass is 10.3. The molecule has 1 aromatic rings. The van der Waals surface area contributed by atoms with Crippen LogP contribution in [0.4, 0.5) is 5.69 Å². The van der Waals surface area contributed by atoms with E-state index < -0.39 is 19.1 Å². The Morgan fingerprint density at radius 1 is 1.24 bits per heavy atom. The van der Waals surface area contributed by atoms with Crippen LogP contribution in [0.15, 0.2) is 23.1 Å². The number of benzene rings is 1. The van der Waals surface area contributed by atoms with E-state index in [4.69, 9.17) is 15.4 Å². The van der Waals surface area contributed by atoms with E-state index in [2.05, 4.69) is 4.72 Å². The molecule has 17 heavy (non-hydrogen) atoms. The molecule has 0 aromatic heterocycles. The summed E-state index contributed by atoms with van der Waals surface area (Å²) < 4.78 is 51.4. The Kier molecular flexibility index (Phi) is 3.90. The Bertz CT molecular complexity index is 623. The fourth-order valence-corrected chi connectivity index (χ4v) is 2.72. The second-order valence-corrected chi connectivity index (χ2v) is 7.46. The van der Waals surface area contributed by atoms with Crippen LogP contribution in [0, 0.1) is 0 Å². The van der Waals surface area contributed by atoms with Crippen molar-refractivity contribution >= 4 is 35.4 Å². The molecule has 1 aromatic carbocycles. The summed E-state index contributed by atoms with van der Waals surface area (Å²) in [6.07, 6.45) is 0.950. The molecule has 6 nitrogen and oxygen atoms in total. The Balaban J connectivity index is 3.33. The van der Waals surface area contributed by atoms with Crippen molar-refractivity contribution in [1.29, 1.82) is 0 Å². The van der Waals surface area contributed by atoms with Crippen LogP contribution in [-0.4, -0.2) is 30.2 Å². The first-order valence-corrected chi connectivity index (χ1v) is 8.44. The van der Waals surface area contributed by atoms with Crippen molar-refractivity contribution in [3.8, 4) is 5.75 Å². The quantitative estimate of drug-likeness (QED) is 0.838. The van der Waals surface area contributed by atoms with Gasteiger partial charge in [-0.15, -0.1) is 0 Å². The molecule has 0 saturated carbocycles. The number of nitrogens with one attached hydrogen (secondary N) is 1. The smallest absolute Gasteiger partial charge is 0.265 e. The van der Waals surface area contributed by atoms with E-state index in [1.54, 1.807) is 0 Å². The Morgan fingerprint density at radius 3 is 2.24 bits per heavy atom. The van der Waals surface area contributed by atoms with Crippen LogP contribution < -0.4 is 9.46 Å². The van der Waals surface area contributed by atoms with Crippen LogP contribution in [0.1, 0.15) is 0 Å². The summed E-state index contributed by atoms with van der Waals surface area (Å²) in [5.41, 5.74) is 0.0903. The standard InChI is InChI=1S/C8H10ClNO5S2/c1-15-7-4-3-6(10-16(2,11)12)5-8(7)17(9,13)14/h3-5,10H,1-2H3. The minimum atomic E-state index is -4.01. The third-order valence-electron chi connectivity index (χ3n) is 1.73. The zero-order valence-electron chi connectivity index (χ0n) is 8.97. The molecule has 0 fully saturated rings. The van der Waals surface area contributed by atoms with Gasteiger partial charge in [-0.3, -0.25) is 4.72 Å². The number of halogens is 1. The van der Waals surface area contributed by atoms with Gasteiger partial charge >= 0.3 is 0 Å². The normalized spacial score (nSPS) is 12.2. The molecule has 0 radical (unpaired) electrons. The highest BCUT2D eigenvalue weighted by molar-refractivity contribution is 8.13. The molecule has 0 aliphatic heterocycles. The molecule has 1 N–H and O–H groups in total. The fourth-order valence-electron chi connectivity index (χ4n) is 1.14. The summed E-state index contributed by atoms with van der Waals surface area (Å²) >= 11 is 0. The van der Waals surface area contributed by atoms with Crippen LogP contribution >= 0.6 is 10.7 Å². The van der Waals surface area contributed by atoms with E-state index in [1.165, 1.54) is 19.2 Å². The predicted octanol–water partition coefficient (Wildman–Crippen LogP) is 0.994. The molecule has 9 heteroatoms. The first-order chi connectivity index (χ1) is 7.63. The number of hydrogen-bond acceptors (Lipinski definition) is 5. The van der Waals surface area contributed by atoms with Gasteiger partial charge in [0, 0.05) is 10.7 Å². The summed E-state index contributed by atoms with van der Waals surface area (Å²) in [6, 6.07) is 3.76. The van der Waals surface area contributed by atoms with Crippen LogP contribution in [0.2, 0.25) is 0 Å². The van der Waals surface area contributed by atoms with Gasteiger partial charge in [-0.1, -0.05) is 0 Å². The van der Waals surface area contributed by atoms with E-state index in [1.807, 2.05) is 0 Å². The maximum atomic E-state index is 11.2. The van der Waals surface area contributed by atoms with E-state index in [9.17, 15) is 16.8 Å². The van der Waals surface area contributed by atoms with Crippen LogP contribution in [0.3, 0.4) is 0 Å². The lowest BCUT2D eigenvalue weighted by Crippen LogP contribution is -2.10. The molecule has 0 heterocycles. The highest BCUT2D eigenvalue weighted by Gasteiger charge is 2.18. The van der Waals surface area contributed by atoms with Crippen molar-refractivity contribution in [3.63, 3.8) is 0 Å². The molecular weight excluding hydrogens is 290 g/mol. The third kappa shape index (κ3) is 4.06. The van der Waals surface area contributed by atoms with Crippen molar-refractivity contribution in [1.82, 2.24) is 0 Å². The van der Waals surface area contributed by atoms with Gasteiger partial charge in [0.05, 0.1) is 19.1 Å². The first-order valence-electron chi connectivity index (χ1n) is 4.24. The molecule has 0 unspecified atom stereocenters. The van der Waals surface area contributed by atoms with E-state index in [-0.39, 0.29) is 16.3 Å². The van der Waals surface area contributed by atoms with Crippen LogP contribution in [0.5, 0.6) is 5.75 Å². The number of anilines is 1. The molecule has 0 amide bonds. The average molecular weight is 300 g/mol. The monoisotopic (exact) mass is 299 g/mol. The van der Waals surface area contributed by atoms with Crippen LogP contribution in [-0.2, 0) is 19.1 Å². The van der Waals surface area contributed by atoms with Crippen molar-refractivity contribution in [2.45, 2.75) is 4.90 Å². The SMILES string of the molecule is COc1ccc(NS(C)(=O)=O)cc1S(=O)(=O)Cl. The van der Waals surface area contributed by atoms with Gasteiger partial charge in [-0.2, -0.15) is 0 Å². The molecule has 0 spiro atoms. The zero-order valence-corrected chi connectivity index (χ0v) is 11.4. The minimum absolute atomic E-state index is 0.0408. The summed E-state index contributed by atoms with van der Waals surface area (Å²) in [7, 11) is -1.02. The Labute approximate surface area is 104 Å². The summed E-state index contributed by atoms with van der Waals surface area (Å²) in [4.78, 5) is -0.296. The lowest BCUT2D eigenvalue weighted by molar-refractivity contribution is 0.403. The Hall–Kier alpha value is -0.990. The van der Waals surface area contributed by atoms with Gasteiger partial charge in [0.1, 0.15) is 10.6 Å². The van der Waals surface area contributed by atoms with Gasteiger partial charge in [0.2, 0.25) is 10.0 Å². The van der Waals surface area contributed by atoms with Gasteiger partial charge in [-0.25, -0.2) is 16.8 Å². The number of rotatable bonds is 4. The van der Waals surface area contributed by atoms with Gasteiger partial charge in [-0.05, 0) is 18.2 Å². The second kappa shape index (κ2) is 4.71. The molecular formula is C8H10ClNO5S2. The van der Waals surface area contributed by atoms with E-state index in [0.29, 0.717) is 0 Å². The van der Waals surface area contributed by atoms with Gasteiger partial charge in [0.25, 0.3) is 9.05 Å². The molecule has 0 bridgehead atoms. The molecule has 1 rings (SSSR count). The minimum Gasteiger partial charge on any atom is -0.495 e. The van der Waals surface area contributed by atoms with Crippen molar-refractivity contribution in [3.05, 3.63) is 18.2 Å². The van der Waals surface area contributed by atoms with E-state index in [0.717, 1.165) is 12.3 Å². The maximum absolute atomic E-state index is 11.2. The Morgan fingerprint density at radius 2 is 1.82 bits per heavy atom. The number of ether oxygens (including phenoxy) is 1. The van der Waals surface area contributed by atoms with Crippen molar-refractivity contribution in [2.24, 2.45) is 0 Å². The second-order valence-electron chi connectivity index (χ2n) is 3.18. The molecule has 96 valence electrons. The maximum Gasteiger partial charge on any atom is 0.265 e. The van der Waals surface area contributed by atoms with Crippen molar-refractivity contribution < 1.29 is 21.6 Å². The largest absolute Gasteiger partial charge is 0.495 e. The highest BCUT2D eigenvalue weighted by Crippen LogP contribution is 2.29. The lowest BCUT2D eigenvalue weighted by Gasteiger charge is -2.09.